The molecule has 0 fully saturated rings. The van der Waals surface area contributed by atoms with Crippen LogP contribution in [0.1, 0.15) is 22.8 Å². The lowest BCUT2D eigenvalue weighted by Crippen LogP contribution is -2.42. The van der Waals surface area contributed by atoms with Gasteiger partial charge in [-0.3, -0.25) is 9.69 Å². The Bertz CT molecular complexity index is 785. The second-order valence-corrected chi connectivity index (χ2v) is 4.95. The number of fused-ring (bicyclic) bond motifs is 1. The summed E-state index contributed by atoms with van der Waals surface area (Å²) in [7, 11) is 0. The number of nitrogens with zero attached hydrogens (tertiary/aromatic N) is 3. The minimum atomic E-state index is -0.707. The van der Waals surface area contributed by atoms with Gasteiger partial charge < -0.3 is 4.74 Å². The predicted octanol–water partition coefficient (Wildman–Crippen LogP) is 2.52. The highest BCUT2D eigenvalue weighted by atomic mass is 19.1. The molecule has 2 heterocycles. The summed E-state index contributed by atoms with van der Waals surface area (Å²) in [4.78, 5) is 18.3. The number of hydrogen-bond donors (Lipinski definition) is 0. The number of anilines is 1. The first-order valence-electron chi connectivity index (χ1n) is 6.74. The van der Waals surface area contributed by atoms with Crippen LogP contribution in [0.5, 0.6) is 5.88 Å². The molecule has 1 amide bonds. The molecule has 0 aliphatic carbocycles. The van der Waals surface area contributed by atoms with E-state index in [0.717, 1.165) is 6.07 Å². The lowest BCUT2D eigenvalue weighted by atomic mass is 10.1. The van der Waals surface area contributed by atoms with E-state index in [-0.39, 0.29) is 17.2 Å². The van der Waals surface area contributed by atoms with Gasteiger partial charge in [0.05, 0.1) is 12.1 Å². The molecular formula is C16H12FN3O2. The maximum Gasteiger partial charge on any atom is 0.260 e. The van der Waals surface area contributed by atoms with Gasteiger partial charge >= 0.3 is 0 Å². The number of aromatic nitrogens is 1. The summed E-state index contributed by atoms with van der Waals surface area (Å²) in [6.45, 7) is 2.12. The number of benzene rings is 1. The summed E-state index contributed by atoms with van der Waals surface area (Å²) >= 11 is 0. The molecule has 1 aromatic heterocycles. The SMILES string of the molecule is C[C@@H]1CN(C(=O)c2cccc(F)c2C#N)c2cccnc2O1. The van der Waals surface area contributed by atoms with E-state index in [1.807, 2.05) is 6.92 Å². The molecule has 110 valence electrons. The lowest BCUT2D eigenvalue weighted by Gasteiger charge is -2.32. The van der Waals surface area contributed by atoms with E-state index in [9.17, 15) is 9.18 Å². The van der Waals surface area contributed by atoms with Gasteiger partial charge in [0.15, 0.2) is 0 Å². The second kappa shape index (κ2) is 5.45. The Morgan fingerprint density at radius 3 is 3.05 bits per heavy atom. The van der Waals surface area contributed by atoms with Crippen LogP contribution in [-0.4, -0.2) is 23.5 Å². The zero-order valence-electron chi connectivity index (χ0n) is 11.8. The van der Waals surface area contributed by atoms with Crippen molar-refractivity contribution in [2.75, 3.05) is 11.4 Å². The van der Waals surface area contributed by atoms with Gasteiger partial charge in [0.25, 0.3) is 5.91 Å². The van der Waals surface area contributed by atoms with Gasteiger partial charge in [-0.2, -0.15) is 5.26 Å². The third-order valence-corrected chi connectivity index (χ3v) is 3.40. The van der Waals surface area contributed by atoms with Crippen molar-refractivity contribution < 1.29 is 13.9 Å². The molecule has 1 aliphatic rings. The monoisotopic (exact) mass is 297 g/mol. The van der Waals surface area contributed by atoms with E-state index < -0.39 is 11.7 Å². The van der Waals surface area contributed by atoms with Crippen molar-refractivity contribution in [1.29, 1.82) is 5.26 Å². The third kappa shape index (κ3) is 2.27. The topological polar surface area (TPSA) is 66.2 Å². The molecule has 1 aromatic carbocycles. The van der Waals surface area contributed by atoms with Crippen LogP contribution in [-0.2, 0) is 0 Å². The second-order valence-electron chi connectivity index (χ2n) is 4.95. The van der Waals surface area contributed by atoms with Crippen LogP contribution in [0.3, 0.4) is 0 Å². The smallest absolute Gasteiger partial charge is 0.260 e. The quantitative estimate of drug-likeness (QED) is 0.811. The van der Waals surface area contributed by atoms with Crippen molar-refractivity contribution in [1.82, 2.24) is 4.98 Å². The fourth-order valence-electron chi connectivity index (χ4n) is 2.42. The summed E-state index contributed by atoms with van der Waals surface area (Å²) in [5.74, 6) is -0.800. The van der Waals surface area contributed by atoms with E-state index in [1.54, 1.807) is 24.4 Å². The maximum atomic E-state index is 13.7. The van der Waals surface area contributed by atoms with E-state index in [2.05, 4.69) is 4.98 Å². The van der Waals surface area contributed by atoms with Gasteiger partial charge in [-0.05, 0) is 31.2 Å². The Balaban J connectivity index is 2.07. The van der Waals surface area contributed by atoms with E-state index in [0.29, 0.717) is 18.1 Å². The molecule has 0 unspecified atom stereocenters. The normalized spacial score (nSPS) is 16.4. The Hall–Kier alpha value is -2.94. The van der Waals surface area contributed by atoms with Crippen LogP contribution in [0.4, 0.5) is 10.1 Å². The van der Waals surface area contributed by atoms with Crippen LogP contribution >= 0.6 is 0 Å². The standard InChI is InChI=1S/C16H12FN3O2/c1-10-9-20(14-6-3-7-19-15(14)22-10)16(21)11-4-2-5-13(17)12(11)8-18/h2-7,10H,9H2,1H3/t10-/m1/s1. The van der Waals surface area contributed by atoms with Gasteiger partial charge in [-0.15, -0.1) is 0 Å². The number of halogens is 1. The van der Waals surface area contributed by atoms with Gasteiger partial charge in [0.2, 0.25) is 5.88 Å². The molecule has 6 heteroatoms. The van der Waals surface area contributed by atoms with Crippen LogP contribution in [0, 0.1) is 17.1 Å². The molecule has 22 heavy (non-hydrogen) atoms. The number of carbonyl (C=O) groups excluding carboxylic acids is 1. The van der Waals surface area contributed by atoms with E-state index in [4.69, 9.17) is 10.00 Å². The number of nitriles is 1. The van der Waals surface area contributed by atoms with Crippen molar-refractivity contribution in [3.05, 3.63) is 53.5 Å². The number of carbonyl (C=O) groups is 1. The molecule has 0 saturated carbocycles. The number of hydrogen-bond acceptors (Lipinski definition) is 4. The molecule has 5 nitrogen and oxygen atoms in total. The first-order chi connectivity index (χ1) is 10.6. The number of rotatable bonds is 1. The minimum Gasteiger partial charge on any atom is -0.471 e. The van der Waals surface area contributed by atoms with Gasteiger partial charge in [0, 0.05) is 6.20 Å². The Kier molecular flexibility index (Phi) is 3.47. The molecule has 1 atom stereocenters. The average Bonchev–Trinajstić information content (AvgIpc) is 2.53. The first kappa shape index (κ1) is 14.0. The zero-order valence-corrected chi connectivity index (χ0v) is 11.8. The number of amides is 1. The summed E-state index contributed by atoms with van der Waals surface area (Å²) in [5.41, 5.74) is 0.294. The molecule has 3 rings (SSSR count). The van der Waals surface area contributed by atoms with Gasteiger partial charge in [0.1, 0.15) is 29.2 Å². The fourth-order valence-corrected chi connectivity index (χ4v) is 2.42. The fraction of sp³-hybridized carbons (Fsp3) is 0.188. The molecule has 2 aromatic rings. The highest BCUT2D eigenvalue weighted by molar-refractivity contribution is 6.08. The van der Waals surface area contributed by atoms with Crippen molar-refractivity contribution >= 4 is 11.6 Å². The van der Waals surface area contributed by atoms with Crippen molar-refractivity contribution in [3.63, 3.8) is 0 Å². The minimum absolute atomic E-state index is 0.0337. The summed E-state index contributed by atoms with van der Waals surface area (Å²) in [6, 6.07) is 9.16. The van der Waals surface area contributed by atoms with Gasteiger partial charge in [-0.1, -0.05) is 6.07 Å². The zero-order chi connectivity index (χ0) is 15.7. The van der Waals surface area contributed by atoms with Crippen LogP contribution < -0.4 is 9.64 Å². The van der Waals surface area contributed by atoms with E-state index >= 15 is 0 Å². The molecule has 0 spiro atoms. The van der Waals surface area contributed by atoms with Crippen molar-refractivity contribution in [2.24, 2.45) is 0 Å². The lowest BCUT2D eigenvalue weighted by molar-refractivity contribution is 0.0958. The number of pyridine rings is 1. The molecule has 0 N–H and O–H groups in total. The largest absolute Gasteiger partial charge is 0.471 e. The Morgan fingerprint density at radius 1 is 1.45 bits per heavy atom. The summed E-state index contributed by atoms with van der Waals surface area (Å²) < 4.78 is 19.3. The summed E-state index contributed by atoms with van der Waals surface area (Å²) in [6.07, 6.45) is 1.33. The molecule has 0 saturated heterocycles. The van der Waals surface area contributed by atoms with Gasteiger partial charge in [-0.25, -0.2) is 9.37 Å². The molecule has 0 radical (unpaired) electrons. The van der Waals surface area contributed by atoms with Crippen molar-refractivity contribution in [3.8, 4) is 11.9 Å². The van der Waals surface area contributed by atoms with Crippen molar-refractivity contribution in [2.45, 2.75) is 13.0 Å². The highest BCUT2D eigenvalue weighted by Crippen LogP contribution is 2.32. The van der Waals surface area contributed by atoms with Crippen LogP contribution in [0.15, 0.2) is 36.5 Å². The Morgan fingerprint density at radius 2 is 2.27 bits per heavy atom. The van der Waals surface area contributed by atoms with Crippen LogP contribution in [0.2, 0.25) is 0 Å². The number of ether oxygens (including phenoxy) is 1. The summed E-state index contributed by atoms with van der Waals surface area (Å²) in [5, 5.41) is 9.10. The first-order valence-corrected chi connectivity index (χ1v) is 6.74. The highest BCUT2D eigenvalue weighted by Gasteiger charge is 2.30. The van der Waals surface area contributed by atoms with Crippen LogP contribution in [0.25, 0.3) is 0 Å². The van der Waals surface area contributed by atoms with E-state index in [1.165, 1.54) is 17.0 Å². The molecular weight excluding hydrogens is 285 g/mol. The Labute approximate surface area is 126 Å². The third-order valence-electron chi connectivity index (χ3n) is 3.40. The average molecular weight is 297 g/mol. The molecule has 0 bridgehead atoms. The molecule has 1 aliphatic heterocycles. The maximum absolute atomic E-state index is 13.7. The predicted molar refractivity (Wildman–Crippen MR) is 77.1 cm³/mol.